The molecule has 0 aromatic heterocycles. The van der Waals surface area contributed by atoms with Crippen molar-refractivity contribution in [3.63, 3.8) is 0 Å². The monoisotopic (exact) mass is 316 g/mol. The van der Waals surface area contributed by atoms with E-state index in [-0.39, 0.29) is 30.0 Å². The largest absolute Gasteiger partial charge is 0.481 e. The summed E-state index contributed by atoms with van der Waals surface area (Å²) in [4.78, 5) is 23.5. The molecule has 0 aromatic rings. The van der Waals surface area contributed by atoms with Crippen LogP contribution in [0.3, 0.4) is 0 Å². The van der Waals surface area contributed by atoms with Crippen LogP contribution < -0.4 is 5.32 Å². The Bertz CT molecular complexity index is 569. The molecular formula is C13H20N2O5S. The molecule has 2 aliphatic carbocycles. The third-order valence-corrected chi connectivity index (χ3v) is 6.10. The van der Waals surface area contributed by atoms with Crippen LogP contribution in [0.4, 0.5) is 0 Å². The number of nitrogens with zero attached hydrogens (tertiary/aromatic N) is 1. The fourth-order valence-electron chi connectivity index (χ4n) is 3.12. The minimum absolute atomic E-state index is 0.0106. The second kappa shape index (κ2) is 5.76. The fourth-order valence-corrected chi connectivity index (χ4v) is 3.85. The second-order valence-corrected chi connectivity index (χ2v) is 8.03. The minimum Gasteiger partial charge on any atom is -0.481 e. The maximum atomic E-state index is 12.2. The Balaban J connectivity index is 1.95. The lowest BCUT2D eigenvalue weighted by molar-refractivity contribution is -0.147. The van der Waals surface area contributed by atoms with Crippen LogP contribution in [0, 0.1) is 23.7 Å². The van der Waals surface area contributed by atoms with Gasteiger partial charge in [-0.05, 0) is 18.3 Å². The molecule has 2 bridgehead atoms. The van der Waals surface area contributed by atoms with Gasteiger partial charge in [-0.25, -0.2) is 12.7 Å². The van der Waals surface area contributed by atoms with Crippen molar-refractivity contribution >= 4 is 21.9 Å². The molecule has 118 valence electrons. The van der Waals surface area contributed by atoms with E-state index in [9.17, 15) is 23.1 Å². The van der Waals surface area contributed by atoms with Crippen molar-refractivity contribution in [1.82, 2.24) is 9.62 Å². The average Bonchev–Trinajstić information content (AvgIpc) is 2.97. The van der Waals surface area contributed by atoms with Crippen molar-refractivity contribution in [2.75, 3.05) is 26.4 Å². The molecule has 8 heteroatoms. The molecule has 4 atom stereocenters. The highest BCUT2D eigenvalue weighted by Crippen LogP contribution is 2.48. The SMILES string of the molecule is CN(C)S(=O)(=O)CCNC(=O)C1C2C=CC(C2)C1C(=O)O. The quantitative estimate of drug-likeness (QED) is 0.644. The number of nitrogens with one attached hydrogen (secondary N) is 1. The number of aliphatic carboxylic acids is 1. The van der Waals surface area contributed by atoms with Gasteiger partial charge in [0, 0.05) is 20.6 Å². The van der Waals surface area contributed by atoms with Crippen LogP contribution in [0.2, 0.25) is 0 Å². The van der Waals surface area contributed by atoms with Crippen molar-refractivity contribution in [1.29, 1.82) is 0 Å². The third kappa shape index (κ3) is 3.11. The zero-order valence-electron chi connectivity index (χ0n) is 12.0. The van der Waals surface area contributed by atoms with Gasteiger partial charge in [0.25, 0.3) is 0 Å². The van der Waals surface area contributed by atoms with E-state index >= 15 is 0 Å². The number of fused-ring (bicyclic) bond motifs is 2. The third-order valence-electron chi connectivity index (χ3n) is 4.26. The summed E-state index contributed by atoms with van der Waals surface area (Å²) in [5.41, 5.74) is 0. The Hall–Kier alpha value is -1.41. The van der Waals surface area contributed by atoms with Crippen molar-refractivity contribution in [3.8, 4) is 0 Å². The predicted molar refractivity (Wildman–Crippen MR) is 75.8 cm³/mol. The zero-order chi connectivity index (χ0) is 15.8. The zero-order valence-corrected chi connectivity index (χ0v) is 12.8. The molecule has 7 nitrogen and oxygen atoms in total. The molecule has 1 saturated carbocycles. The maximum Gasteiger partial charge on any atom is 0.307 e. The second-order valence-electron chi connectivity index (χ2n) is 5.73. The summed E-state index contributed by atoms with van der Waals surface area (Å²) in [6.07, 6.45) is 4.44. The molecule has 0 spiro atoms. The first-order valence-corrected chi connectivity index (χ1v) is 8.44. The van der Waals surface area contributed by atoms with Gasteiger partial charge in [0.15, 0.2) is 0 Å². The predicted octanol–water partition coefficient (Wildman–Crippen LogP) is -0.483. The number of allylic oxidation sites excluding steroid dienone is 2. The lowest BCUT2D eigenvalue weighted by Gasteiger charge is -2.24. The molecule has 0 saturated heterocycles. The maximum absolute atomic E-state index is 12.2. The number of carbonyl (C=O) groups excluding carboxylic acids is 1. The number of amides is 1. The van der Waals surface area contributed by atoms with E-state index in [1.807, 2.05) is 12.2 Å². The van der Waals surface area contributed by atoms with Gasteiger partial charge in [0.1, 0.15) is 0 Å². The Morgan fingerprint density at radius 2 is 1.81 bits per heavy atom. The van der Waals surface area contributed by atoms with Gasteiger partial charge in [0.2, 0.25) is 15.9 Å². The molecule has 0 aliphatic heterocycles. The molecule has 1 fully saturated rings. The first-order valence-electron chi connectivity index (χ1n) is 6.83. The van der Waals surface area contributed by atoms with Gasteiger partial charge in [-0.3, -0.25) is 9.59 Å². The van der Waals surface area contributed by atoms with Crippen molar-refractivity contribution < 1.29 is 23.1 Å². The van der Waals surface area contributed by atoms with E-state index in [0.29, 0.717) is 6.42 Å². The van der Waals surface area contributed by atoms with Gasteiger partial charge < -0.3 is 10.4 Å². The van der Waals surface area contributed by atoms with Crippen molar-refractivity contribution in [2.45, 2.75) is 6.42 Å². The van der Waals surface area contributed by atoms with Crippen molar-refractivity contribution in [3.05, 3.63) is 12.2 Å². The van der Waals surface area contributed by atoms with E-state index < -0.39 is 27.8 Å². The summed E-state index contributed by atoms with van der Waals surface area (Å²) in [5.74, 6) is -2.97. The number of carboxylic acids is 1. The minimum atomic E-state index is -3.37. The van der Waals surface area contributed by atoms with Gasteiger partial charge >= 0.3 is 5.97 Å². The van der Waals surface area contributed by atoms with Gasteiger partial charge in [-0.2, -0.15) is 0 Å². The van der Waals surface area contributed by atoms with Crippen LogP contribution in [0.5, 0.6) is 0 Å². The molecule has 0 heterocycles. The molecule has 0 aromatic carbocycles. The first-order chi connectivity index (χ1) is 9.74. The number of carboxylic acid groups (broad SMARTS) is 1. The fraction of sp³-hybridized carbons (Fsp3) is 0.692. The van der Waals surface area contributed by atoms with Crippen LogP contribution in [0.1, 0.15) is 6.42 Å². The molecule has 2 rings (SSSR count). The summed E-state index contributed by atoms with van der Waals surface area (Å²) in [6, 6.07) is 0. The summed E-state index contributed by atoms with van der Waals surface area (Å²) >= 11 is 0. The average molecular weight is 316 g/mol. The summed E-state index contributed by atoms with van der Waals surface area (Å²) in [6.45, 7) is -0.0106. The standard InChI is InChI=1S/C13H20N2O5S/c1-15(2)21(19,20)6-5-14-12(16)10-8-3-4-9(7-8)11(10)13(17)18/h3-4,8-11H,5-7H2,1-2H3,(H,14,16)(H,17,18). The topological polar surface area (TPSA) is 104 Å². The van der Waals surface area contributed by atoms with Crippen LogP contribution in [0.15, 0.2) is 12.2 Å². The van der Waals surface area contributed by atoms with E-state index in [1.165, 1.54) is 14.1 Å². The summed E-state index contributed by atoms with van der Waals surface area (Å²) < 4.78 is 24.3. The highest BCUT2D eigenvalue weighted by atomic mass is 32.2. The van der Waals surface area contributed by atoms with E-state index in [2.05, 4.69) is 5.32 Å². The smallest absolute Gasteiger partial charge is 0.307 e. The van der Waals surface area contributed by atoms with Crippen LogP contribution in [-0.4, -0.2) is 56.1 Å². The van der Waals surface area contributed by atoms with E-state index in [4.69, 9.17) is 0 Å². The lowest BCUT2D eigenvalue weighted by atomic mass is 9.82. The Morgan fingerprint density at radius 3 is 2.33 bits per heavy atom. The number of carbonyl (C=O) groups is 2. The van der Waals surface area contributed by atoms with Crippen LogP contribution >= 0.6 is 0 Å². The van der Waals surface area contributed by atoms with Crippen molar-refractivity contribution in [2.24, 2.45) is 23.7 Å². The number of hydrogen-bond donors (Lipinski definition) is 2. The van der Waals surface area contributed by atoms with E-state index in [0.717, 1.165) is 4.31 Å². The highest BCUT2D eigenvalue weighted by molar-refractivity contribution is 7.89. The van der Waals surface area contributed by atoms with Crippen LogP contribution in [0.25, 0.3) is 0 Å². The normalized spacial score (nSPS) is 30.8. The van der Waals surface area contributed by atoms with Gasteiger partial charge in [-0.1, -0.05) is 12.2 Å². The van der Waals surface area contributed by atoms with Gasteiger partial charge in [-0.15, -0.1) is 0 Å². The highest BCUT2D eigenvalue weighted by Gasteiger charge is 2.51. The molecule has 1 amide bonds. The Morgan fingerprint density at radius 1 is 1.24 bits per heavy atom. The molecular weight excluding hydrogens is 296 g/mol. The number of sulfonamides is 1. The molecule has 2 aliphatic rings. The summed E-state index contributed by atoms with van der Waals surface area (Å²) in [5, 5.41) is 11.8. The lowest BCUT2D eigenvalue weighted by Crippen LogP contribution is -2.42. The first kappa shape index (κ1) is 16.0. The number of hydrogen-bond acceptors (Lipinski definition) is 4. The molecule has 21 heavy (non-hydrogen) atoms. The van der Waals surface area contributed by atoms with Crippen LogP contribution in [-0.2, 0) is 19.6 Å². The summed E-state index contributed by atoms with van der Waals surface area (Å²) in [7, 11) is -0.511. The van der Waals surface area contributed by atoms with E-state index in [1.54, 1.807) is 0 Å². The number of rotatable bonds is 6. The molecule has 2 N–H and O–H groups in total. The molecule has 4 unspecified atom stereocenters. The molecule has 0 radical (unpaired) electrons. The van der Waals surface area contributed by atoms with Gasteiger partial charge in [0.05, 0.1) is 17.6 Å². The Kier molecular flexibility index (Phi) is 4.38. The Labute approximate surface area is 124 Å².